The number of nitrogen functional groups attached to an aromatic ring is 1. The molecule has 4 heterocycles. The third kappa shape index (κ3) is 3.10. The minimum Gasteiger partial charge on any atom is -0.383 e. The highest BCUT2D eigenvalue weighted by atomic mass is 16.5. The molecule has 28 heavy (non-hydrogen) atoms. The Kier molecular flexibility index (Phi) is 4.42. The van der Waals surface area contributed by atoms with Gasteiger partial charge in [0.1, 0.15) is 5.82 Å². The maximum atomic E-state index is 6.24. The van der Waals surface area contributed by atoms with Crippen molar-refractivity contribution < 1.29 is 4.74 Å². The fraction of sp³-hybridized carbons (Fsp3) is 0.350. The number of aryl methyl sites for hydroxylation is 1. The number of pyridine rings is 1. The minimum absolute atomic E-state index is 0.517. The van der Waals surface area contributed by atoms with Gasteiger partial charge in [-0.15, -0.1) is 0 Å². The van der Waals surface area contributed by atoms with E-state index in [0.29, 0.717) is 5.82 Å². The van der Waals surface area contributed by atoms with Gasteiger partial charge < -0.3 is 10.5 Å². The van der Waals surface area contributed by atoms with Crippen molar-refractivity contribution >= 4 is 27.6 Å². The summed E-state index contributed by atoms with van der Waals surface area (Å²) in [5.74, 6) is 0.517. The first-order valence-corrected chi connectivity index (χ1v) is 9.64. The number of anilines is 1. The van der Waals surface area contributed by atoms with Crippen LogP contribution in [0.2, 0.25) is 0 Å². The molecule has 1 saturated heterocycles. The molecule has 4 aromatic rings. The second-order valence-corrected chi connectivity index (χ2v) is 7.14. The standard InChI is InChI=1S/C20H23N7O/c21-20-16-13-23-27(7-1-6-26-8-10-28-11-9-26)19(16)15-3-2-14(12-18(15)24-20)17-4-5-22-25-17/h2-5,12-13H,1,6-11H2,(H2,21,24)(H,22,25). The number of H-pyrrole nitrogens is 1. The Balaban J connectivity index is 1.47. The van der Waals surface area contributed by atoms with Crippen LogP contribution in [0.4, 0.5) is 5.82 Å². The molecule has 0 unspecified atom stereocenters. The number of hydrogen-bond acceptors (Lipinski definition) is 6. The van der Waals surface area contributed by atoms with Crippen molar-refractivity contribution in [2.24, 2.45) is 0 Å². The maximum absolute atomic E-state index is 6.24. The van der Waals surface area contributed by atoms with Crippen LogP contribution < -0.4 is 5.73 Å². The highest BCUT2D eigenvalue weighted by Gasteiger charge is 2.14. The quantitative estimate of drug-likeness (QED) is 0.554. The predicted molar refractivity (Wildman–Crippen MR) is 109 cm³/mol. The van der Waals surface area contributed by atoms with E-state index in [0.717, 1.165) is 78.9 Å². The maximum Gasteiger partial charge on any atom is 0.135 e. The number of nitrogens with one attached hydrogen (secondary N) is 1. The molecule has 1 aromatic carbocycles. The number of nitrogens with zero attached hydrogens (tertiary/aromatic N) is 5. The van der Waals surface area contributed by atoms with E-state index in [2.05, 4.69) is 42.0 Å². The number of hydrogen-bond donors (Lipinski definition) is 2. The number of nitrogens with two attached hydrogens (primary N) is 1. The summed E-state index contributed by atoms with van der Waals surface area (Å²) < 4.78 is 7.48. The topological polar surface area (TPSA) is 97.9 Å². The molecule has 3 N–H and O–H groups in total. The molecule has 0 aliphatic carbocycles. The summed E-state index contributed by atoms with van der Waals surface area (Å²) in [7, 11) is 0. The van der Waals surface area contributed by atoms with Crippen molar-refractivity contribution in [3.05, 3.63) is 36.7 Å². The van der Waals surface area contributed by atoms with Crippen LogP contribution in [0.25, 0.3) is 33.1 Å². The molecule has 1 aliphatic rings. The number of morpholine rings is 1. The van der Waals surface area contributed by atoms with E-state index in [1.807, 2.05) is 18.3 Å². The third-order valence-corrected chi connectivity index (χ3v) is 5.37. The molecule has 0 bridgehead atoms. The first kappa shape index (κ1) is 17.2. The second kappa shape index (κ2) is 7.21. The van der Waals surface area contributed by atoms with Gasteiger partial charge in [-0.05, 0) is 24.6 Å². The third-order valence-electron chi connectivity index (χ3n) is 5.37. The summed E-state index contributed by atoms with van der Waals surface area (Å²) >= 11 is 0. The predicted octanol–water partition coefficient (Wildman–Crippen LogP) is 2.28. The molecule has 0 amide bonds. The van der Waals surface area contributed by atoms with Crippen LogP contribution in [0.1, 0.15) is 6.42 Å². The van der Waals surface area contributed by atoms with Crippen LogP contribution in [0, 0.1) is 0 Å². The molecule has 1 aliphatic heterocycles. The zero-order valence-electron chi connectivity index (χ0n) is 15.6. The smallest absolute Gasteiger partial charge is 0.135 e. The van der Waals surface area contributed by atoms with Crippen molar-refractivity contribution in [1.29, 1.82) is 0 Å². The van der Waals surface area contributed by atoms with Crippen molar-refractivity contribution in [3.8, 4) is 11.3 Å². The summed E-state index contributed by atoms with van der Waals surface area (Å²) in [6, 6.07) is 8.17. The van der Waals surface area contributed by atoms with E-state index in [4.69, 9.17) is 10.5 Å². The molecule has 8 heteroatoms. The Hall–Kier alpha value is -2.97. The largest absolute Gasteiger partial charge is 0.383 e. The average molecular weight is 377 g/mol. The zero-order chi connectivity index (χ0) is 18.9. The molecule has 144 valence electrons. The van der Waals surface area contributed by atoms with Gasteiger partial charge in [0, 0.05) is 43.3 Å². The molecule has 3 aromatic heterocycles. The van der Waals surface area contributed by atoms with E-state index in [-0.39, 0.29) is 0 Å². The Morgan fingerprint density at radius 3 is 2.82 bits per heavy atom. The van der Waals surface area contributed by atoms with Crippen LogP contribution in [0.15, 0.2) is 36.7 Å². The number of aromatic nitrogens is 5. The Morgan fingerprint density at radius 1 is 1.11 bits per heavy atom. The summed E-state index contributed by atoms with van der Waals surface area (Å²) in [6.07, 6.45) is 4.61. The summed E-state index contributed by atoms with van der Waals surface area (Å²) in [5, 5.41) is 13.6. The van der Waals surface area contributed by atoms with E-state index < -0.39 is 0 Å². The van der Waals surface area contributed by atoms with Gasteiger partial charge >= 0.3 is 0 Å². The number of fused-ring (bicyclic) bond motifs is 3. The van der Waals surface area contributed by atoms with Crippen LogP contribution >= 0.6 is 0 Å². The van der Waals surface area contributed by atoms with E-state index >= 15 is 0 Å². The van der Waals surface area contributed by atoms with E-state index in [1.165, 1.54) is 0 Å². The number of rotatable bonds is 5. The van der Waals surface area contributed by atoms with Gasteiger partial charge in [0.05, 0.1) is 41.5 Å². The Labute approximate surface area is 162 Å². The lowest BCUT2D eigenvalue weighted by atomic mass is 10.1. The zero-order valence-corrected chi connectivity index (χ0v) is 15.6. The Morgan fingerprint density at radius 2 is 2.00 bits per heavy atom. The molecule has 5 rings (SSSR count). The van der Waals surface area contributed by atoms with Gasteiger partial charge in [0.15, 0.2) is 0 Å². The van der Waals surface area contributed by atoms with Crippen molar-refractivity contribution in [2.75, 3.05) is 38.6 Å². The van der Waals surface area contributed by atoms with Crippen molar-refractivity contribution in [2.45, 2.75) is 13.0 Å². The normalized spacial score (nSPS) is 15.6. The summed E-state index contributed by atoms with van der Waals surface area (Å²) in [6.45, 7) is 5.58. The SMILES string of the molecule is Nc1nc2cc(-c3ccn[nH]3)ccc2c2c1cnn2CCCN1CCOCC1. The second-order valence-electron chi connectivity index (χ2n) is 7.14. The lowest BCUT2D eigenvalue weighted by Gasteiger charge is -2.26. The van der Waals surface area contributed by atoms with E-state index in [9.17, 15) is 0 Å². The number of aromatic amines is 1. The van der Waals surface area contributed by atoms with Crippen molar-refractivity contribution in [3.63, 3.8) is 0 Å². The highest BCUT2D eigenvalue weighted by molar-refractivity contribution is 6.08. The van der Waals surface area contributed by atoms with Crippen LogP contribution in [-0.2, 0) is 11.3 Å². The first-order valence-electron chi connectivity index (χ1n) is 9.64. The van der Waals surface area contributed by atoms with Crippen LogP contribution in [-0.4, -0.2) is 62.7 Å². The molecule has 0 atom stereocenters. The summed E-state index contributed by atoms with van der Waals surface area (Å²) in [5.41, 5.74) is 10.2. The van der Waals surface area contributed by atoms with Crippen LogP contribution in [0.3, 0.4) is 0 Å². The van der Waals surface area contributed by atoms with Gasteiger partial charge in [-0.2, -0.15) is 10.2 Å². The highest BCUT2D eigenvalue weighted by Crippen LogP contribution is 2.30. The fourth-order valence-corrected chi connectivity index (χ4v) is 3.89. The molecule has 0 saturated carbocycles. The molecular formula is C20H23N7O. The molecule has 0 spiro atoms. The van der Waals surface area contributed by atoms with Gasteiger partial charge in [-0.1, -0.05) is 6.07 Å². The number of benzene rings is 1. The average Bonchev–Trinajstić information content (AvgIpc) is 3.39. The minimum atomic E-state index is 0.517. The van der Waals surface area contributed by atoms with Gasteiger partial charge in [-0.25, -0.2) is 4.98 Å². The number of ether oxygens (including phenoxy) is 1. The van der Waals surface area contributed by atoms with Gasteiger partial charge in [0.25, 0.3) is 0 Å². The fourth-order valence-electron chi connectivity index (χ4n) is 3.89. The summed E-state index contributed by atoms with van der Waals surface area (Å²) in [4.78, 5) is 7.05. The monoisotopic (exact) mass is 377 g/mol. The molecule has 1 fully saturated rings. The lowest BCUT2D eigenvalue weighted by molar-refractivity contribution is 0.0368. The lowest BCUT2D eigenvalue weighted by Crippen LogP contribution is -2.37. The Bertz CT molecular complexity index is 1100. The molecule has 8 nitrogen and oxygen atoms in total. The molecule has 0 radical (unpaired) electrons. The first-order chi connectivity index (χ1) is 13.8. The van der Waals surface area contributed by atoms with Crippen LogP contribution in [0.5, 0.6) is 0 Å². The van der Waals surface area contributed by atoms with Gasteiger partial charge in [0.2, 0.25) is 0 Å². The molecular weight excluding hydrogens is 354 g/mol. The van der Waals surface area contributed by atoms with Crippen molar-refractivity contribution in [1.82, 2.24) is 29.9 Å². The van der Waals surface area contributed by atoms with Gasteiger partial charge in [-0.3, -0.25) is 14.7 Å². The van der Waals surface area contributed by atoms with E-state index in [1.54, 1.807) is 6.20 Å².